The Kier molecular flexibility index (Phi) is 6.54. The number of ether oxygens (including phenoxy) is 2. The lowest BCUT2D eigenvalue weighted by Gasteiger charge is -2.10. The number of sulfone groups is 1. The number of amides is 1. The van der Waals surface area contributed by atoms with E-state index in [1.165, 1.54) is 26.4 Å². The molecule has 0 unspecified atom stereocenters. The second kappa shape index (κ2) is 8.69. The molecule has 0 bridgehead atoms. The van der Waals surface area contributed by atoms with Gasteiger partial charge in [-0.1, -0.05) is 6.07 Å². The van der Waals surface area contributed by atoms with Crippen molar-refractivity contribution in [2.75, 3.05) is 20.5 Å². The fraction of sp³-hybridized carbons (Fsp3) is 0.222. The SMILES string of the molecule is COC(=O)c1cc(CNC(=O)c2cc([N+](=O)[O-])cc(S(C)(=O)=O)c2)ccc1OC. The molecule has 10 nitrogen and oxygen atoms in total. The minimum Gasteiger partial charge on any atom is -0.496 e. The van der Waals surface area contributed by atoms with Gasteiger partial charge in [-0.2, -0.15) is 0 Å². The van der Waals surface area contributed by atoms with E-state index >= 15 is 0 Å². The van der Waals surface area contributed by atoms with Crippen molar-refractivity contribution in [2.45, 2.75) is 11.4 Å². The molecule has 11 heteroatoms. The van der Waals surface area contributed by atoms with E-state index in [0.717, 1.165) is 24.5 Å². The van der Waals surface area contributed by atoms with E-state index in [0.29, 0.717) is 11.3 Å². The van der Waals surface area contributed by atoms with E-state index in [1.807, 2.05) is 0 Å². The zero-order valence-corrected chi connectivity index (χ0v) is 16.6. The first-order valence-corrected chi connectivity index (χ1v) is 9.99. The van der Waals surface area contributed by atoms with Crippen molar-refractivity contribution in [2.24, 2.45) is 0 Å². The Morgan fingerprint density at radius 1 is 1.14 bits per heavy atom. The zero-order chi connectivity index (χ0) is 21.8. The molecule has 0 aliphatic rings. The lowest BCUT2D eigenvalue weighted by atomic mass is 10.1. The molecule has 0 heterocycles. The molecule has 0 saturated heterocycles. The first-order chi connectivity index (χ1) is 13.6. The highest BCUT2D eigenvalue weighted by molar-refractivity contribution is 7.90. The van der Waals surface area contributed by atoms with Crippen molar-refractivity contribution < 1.29 is 32.4 Å². The van der Waals surface area contributed by atoms with Crippen molar-refractivity contribution in [1.29, 1.82) is 0 Å². The number of nitro groups is 1. The number of carbonyl (C=O) groups is 2. The van der Waals surface area contributed by atoms with Crippen LogP contribution < -0.4 is 10.1 Å². The molecular weight excluding hydrogens is 404 g/mol. The van der Waals surface area contributed by atoms with Crippen LogP contribution in [0.5, 0.6) is 5.75 Å². The number of hydrogen-bond donors (Lipinski definition) is 1. The van der Waals surface area contributed by atoms with Gasteiger partial charge in [-0.3, -0.25) is 14.9 Å². The summed E-state index contributed by atoms with van der Waals surface area (Å²) in [4.78, 5) is 34.2. The molecule has 2 aromatic carbocycles. The van der Waals surface area contributed by atoms with Gasteiger partial charge in [-0.15, -0.1) is 0 Å². The lowest BCUT2D eigenvalue weighted by molar-refractivity contribution is -0.385. The molecule has 0 fully saturated rings. The van der Waals surface area contributed by atoms with Crippen LogP contribution in [0.1, 0.15) is 26.3 Å². The highest BCUT2D eigenvalue weighted by Crippen LogP contribution is 2.22. The molecule has 2 rings (SSSR count). The van der Waals surface area contributed by atoms with Crippen LogP contribution in [0.4, 0.5) is 5.69 Å². The van der Waals surface area contributed by atoms with Gasteiger partial charge in [-0.05, 0) is 23.8 Å². The number of nitro benzene ring substituents is 1. The second-order valence-corrected chi connectivity index (χ2v) is 7.97. The maximum Gasteiger partial charge on any atom is 0.341 e. The monoisotopic (exact) mass is 422 g/mol. The number of non-ortho nitro benzene ring substituents is 1. The number of hydrogen-bond acceptors (Lipinski definition) is 8. The standard InChI is InChI=1S/C18H18N2O8S/c1-27-16-5-4-11(6-15(16)18(22)28-2)10-19-17(21)12-7-13(20(23)24)9-14(8-12)29(3,25)26/h4-9H,10H2,1-3H3,(H,19,21). The highest BCUT2D eigenvalue weighted by Gasteiger charge is 2.19. The van der Waals surface area contributed by atoms with Crippen LogP contribution in [0.3, 0.4) is 0 Å². The minimum atomic E-state index is -3.76. The molecule has 1 amide bonds. The Balaban J connectivity index is 2.28. The summed E-state index contributed by atoms with van der Waals surface area (Å²) < 4.78 is 33.3. The smallest absolute Gasteiger partial charge is 0.341 e. The van der Waals surface area contributed by atoms with Crippen LogP contribution in [0.25, 0.3) is 0 Å². The molecule has 1 N–H and O–H groups in total. The fourth-order valence-corrected chi connectivity index (χ4v) is 3.13. The molecule has 0 radical (unpaired) electrons. The molecule has 0 spiro atoms. The summed E-state index contributed by atoms with van der Waals surface area (Å²) in [5.74, 6) is -1.04. The van der Waals surface area contributed by atoms with Gasteiger partial charge < -0.3 is 14.8 Å². The Bertz CT molecular complexity index is 1080. The summed E-state index contributed by atoms with van der Waals surface area (Å²) in [5, 5.41) is 13.6. The Labute approximate surface area is 166 Å². The van der Waals surface area contributed by atoms with Crippen LogP contribution in [0, 0.1) is 10.1 Å². The molecule has 2 aromatic rings. The van der Waals surface area contributed by atoms with E-state index in [4.69, 9.17) is 4.74 Å². The van der Waals surface area contributed by atoms with Gasteiger partial charge in [0.05, 0.1) is 24.0 Å². The molecule has 29 heavy (non-hydrogen) atoms. The number of carbonyl (C=O) groups excluding carboxylic acids is 2. The minimum absolute atomic E-state index is 0.0241. The van der Waals surface area contributed by atoms with Crippen molar-refractivity contribution in [1.82, 2.24) is 5.32 Å². The lowest BCUT2D eigenvalue weighted by Crippen LogP contribution is -2.23. The average molecular weight is 422 g/mol. The summed E-state index contributed by atoms with van der Waals surface area (Å²) >= 11 is 0. The van der Waals surface area contributed by atoms with Crippen LogP contribution in [-0.2, 0) is 21.1 Å². The van der Waals surface area contributed by atoms with Crippen LogP contribution >= 0.6 is 0 Å². The largest absolute Gasteiger partial charge is 0.496 e. The predicted octanol–water partition coefficient (Wildman–Crippen LogP) is 1.72. The van der Waals surface area contributed by atoms with Crippen LogP contribution in [-0.4, -0.2) is 45.7 Å². The highest BCUT2D eigenvalue weighted by atomic mass is 32.2. The molecular formula is C18H18N2O8S. The van der Waals surface area contributed by atoms with Gasteiger partial charge in [-0.25, -0.2) is 13.2 Å². The maximum atomic E-state index is 12.4. The number of benzene rings is 2. The van der Waals surface area contributed by atoms with Gasteiger partial charge in [0.25, 0.3) is 11.6 Å². The van der Waals surface area contributed by atoms with Crippen molar-refractivity contribution in [3.8, 4) is 5.75 Å². The Morgan fingerprint density at radius 2 is 1.83 bits per heavy atom. The third-order valence-electron chi connectivity index (χ3n) is 3.91. The summed E-state index contributed by atoms with van der Waals surface area (Å²) in [6.07, 6.45) is 0.888. The number of nitrogens with zero attached hydrogens (tertiary/aromatic N) is 1. The fourth-order valence-electron chi connectivity index (χ4n) is 2.45. The second-order valence-electron chi connectivity index (χ2n) is 5.95. The summed E-state index contributed by atoms with van der Waals surface area (Å²) in [5.41, 5.74) is 0.00149. The maximum absolute atomic E-state index is 12.4. The third-order valence-corrected chi connectivity index (χ3v) is 5.01. The summed E-state index contributed by atoms with van der Waals surface area (Å²) in [6.45, 7) is -0.0241. The van der Waals surface area contributed by atoms with Gasteiger partial charge in [0.15, 0.2) is 9.84 Å². The molecule has 154 valence electrons. The molecule has 0 aliphatic heterocycles. The van der Waals surface area contributed by atoms with Crippen LogP contribution in [0.15, 0.2) is 41.3 Å². The molecule has 0 aliphatic carbocycles. The predicted molar refractivity (Wildman–Crippen MR) is 102 cm³/mol. The van der Waals surface area contributed by atoms with E-state index in [-0.39, 0.29) is 22.6 Å². The summed E-state index contributed by atoms with van der Waals surface area (Å²) in [7, 11) is -1.14. The number of methoxy groups -OCH3 is 2. The van der Waals surface area contributed by atoms with Gasteiger partial charge in [0.1, 0.15) is 11.3 Å². The van der Waals surface area contributed by atoms with Crippen molar-refractivity contribution in [3.05, 3.63) is 63.2 Å². The normalized spacial score (nSPS) is 10.9. The van der Waals surface area contributed by atoms with E-state index in [1.54, 1.807) is 6.07 Å². The van der Waals surface area contributed by atoms with Gasteiger partial charge in [0, 0.05) is 30.5 Å². The number of esters is 1. The molecule has 0 aromatic heterocycles. The number of rotatable bonds is 7. The van der Waals surface area contributed by atoms with Crippen molar-refractivity contribution >= 4 is 27.4 Å². The average Bonchev–Trinajstić information content (AvgIpc) is 2.70. The van der Waals surface area contributed by atoms with E-state index in [2.05, 4.69) is 10.1 Å². The molecule has 0 atom stereocenters. The first-order valence-electron chi connectivity index (χ1n) is 8.09. The Hall–Kier alpha value is -3.47. The Morgan fingerprint density at radius 3 is 2.38 bits per heavy atom. The van der Waals surface area contributed by atoms with Gasteiger partial charge in [0.2, 0.25) is 0 Å². The first kappa shape index (κ1) is 21.8. The summed E-state index contributed by atoms with van der Waals surface area (Å²) in [6, 6.07) is 7.55. The zero-order valence-electron chi connectivity index (χ0n) is 15.8. The van der Waals surface area contributed by atoms with E-state index < -0.39 is 32.3 Å². The van der Waals surface area contributed by atoms with Gasteiger partial charge >= 0.3 is 5.97 Å². The third kappa shape index (κ3) is 5.29. The quantitative estimate of drug-likeness (QED) is 0.404. The number of nitrogens with one attached hydrogen (secondary N) is 1. The van der Waals surface area contributed by atoms with Crippen LogP contribution in [0.2, 0.25) is 0 Å². The van der Waals surface area contributed by atoms with E-state index in [9.17, 15) is 28.1 Å². The topological polar surface area (TPSA) is 142 Å². The molecule has 0 saturated carbocycles. The van der Waals surface area contributed by atoms with Crippen molar-refractivity contribution in [3.63, 3.8) is 0 Å².